The summed E-state index contributed by atoms with van der Waals surface area (Å²) in [6.07, 6.45) is 6.12. The van der Waals surface area contributed by atoms with Gasteiger partial charge in [0.15, 0.2) is 0 Å². The lowest BCUT2D eigenvalue weighted by atomic mass is 9.89. The average molecular weight is 317 g/mol. The zero-order valence-electron chi connectivity index (χ0n) is 13.4. The molecule has 0 saturated heterocycles. The zero-order chi connectivity index (χ0) is 16.8. The lowest BCUT2D eigenvalue weighted by molar-refractivity contribution is -0.144. The number of hydrogen-bond donors (Lipinski definition) is 2. The number of carboxylic acid groups (broad SMARTS) is 1. The summed E-state index contributed by atoms with van der Waals surface area (Å²) < 4.78 is 9.69. The highest BCUT2D eigenvalue weighted by atomic mass is 16.6. The summed E-state index contributed by atoms with van der Waals surface area (Å²) in [5, 5.41) is 10.2. The summed E-state index contributed by atoms with van der Waals surface area (Å²) in [7, 11) is 0. The second kappa shape index (κ2) is 12.9. The number of carbonyl (C=O) groups is 3. The molecule has 0 aromatic heterocycles. The molecule has 0 aliphatic heterocycles. The van der Waals surface area contributed by atoms with E-state index in [1.165, 1.54) is 32.1 Å². The van der Waals surface area contributed by atoms with Gasteiger partial charge in [-0.2, -0.15) is 0 Å². The van der Waals surface area contributed by atoms with Crippen molar-refractivity contribution in [1.82, 2.24) is 5.32 Å². The van der Waals surface area contributed by atoms with E-state index in [2.05, 4.69) is 5.32 Å². The SMILES string of the molecule is CC(=O)O.CCC(=O)OCCOC(=O)NCC1CCCCC1. The van der Waals surface area contributed by atoms with E-state index in [-0.39, 0.29) is 19.2 Å². The second-order valence-corrected chi connectivity index (χ2v) is 5.11. The van der Waals surface area contributed by atoms with Crippen LogP contribution >= 0.6 is 0 Å². The number of aliphatic carboxylic acids is 1. The normalized spacial score (nSPS) is 14.3. The summed E-state index contributed by atoms with van der Waals surface area (Å²) in [4.78, 5) is 31.1. The van der Waals surface area contributed by atoms with Crippen LogP contribution in [0.3, 0.4) is 0 Å². The first-order valence-electron chi connectivity index (χ1n) is 7.71. The topological polar surface area (TPSA) is 102 Å². The maximum atomic E-state index is 11.3. The fraction of sp³-hybridized carbons (Fsp3) is 0.800. The number of hydrogen-bond acceptors (Lipinski definition) is 5. The van der Waals surface area contributed by atoms with Crippen molar-refractivity contribution in [3.63, 3.8) is 0 Å². The van der Waals surface area contributed by atoms with Gasteiger partial charge in [0.25, 0.3) is 5.97 Å². The van der Waals surface area contributed by atoms with Crippen LogP contribution in [0, 0.1) is 5.92 Å². The first-order valence-corrected chi connectivity index (χ1v) is 7.71. The molecule has 1 amide bonds. The molecule has 0 bridgehead atoms. The Balaban J connectivity index is 0.000000980. The van der Waals surface area contributed by atoms with Crippen LogP contribution in [0.1, 0.15) is 52.4 Å². The van der Waals surface area contributed by atoms with Gasteiger partial charge >= 0.3 is 12.1 Å². The molecule has 0 unspecified atom stereocenters. The van der Waals surface area contributed by atoms with Gasteiger partial charge in [0.05, 0.1) is 0 Å². The van der Waals surface area contributed by atoms with E-state index in [9.17, 15) is 9.59 Å². The lowest BCUT2D eigenvalue weighted by Crippen LogP contribution is -2.31. The molecular weight excluding hydrogens is 290 g/mol. The molecule has 1 rings (SSSR count). The van der Waals surface area contributed by atoms with Crippen molar-refractivity contribution in [2.24, 2.45) is 5.92 Å². The largest absolute Gasteiger partial charge is 0.481 e. The molecular formula is C15H27NO6. The molecule has 0 heterocycles. The van der Waals surface area contributed by atoms with Gasteiger partial charge in [-0.05, 0) is 18.8 Å². The molecule has 2 N–H and O–H groups in total. The molecule has 0 aromatic rings. The third-order valence-electron chi connectivity index (χ3n) is 3.13. The maximum absolute atomic E-state index is 11.3. The first kappa shape index (κ1) is 20.2. The van der Waals surface area contributed by atoms with E-state index in [0.717, 1.165) is 6.92 Å². The Labute approximate surface area is 131 Å². The van der Waals surface area contributed by atoms with E-state index in [0.29, 0.717) is 18.9 Å². The Kier molecular flexibility index (Phi) is 11.9. The smallest absolute Gasteiger partial charge is 0.407 e. The Morgan fingerprint density at radius 2 is 1.64 bits per heavy atom. The van der Waals surface area contributed by atoms with Crippen LogP contribution in [0.25, 0.3) is 0 Å². The maximum Gasteiger partial charge on any atom is 0.407 e. The highest BCUT2D eigenvalue weighted by Gasteiger charge is 2.14. The van der Waals surface area contributed by atoms with Gasteiger partial charge in [0.1, 0.15) is 13.2 Å². The molecule has 22 heavy (non-hydrogen) atoms. The van der Waals surface area contributed by atoms with Gasteiger partial charge in [-0.1, -0.05) is 26.2 Å². The number of rotatable bonds is 6. The van der Waals surface area contributed by atoms with Crippen LogP contribution in [-0.4, -0.2) is 42.9 Å². The summed E-state index contributed by atoms with van der Waals surface area (Å²) >= 11 is 0. The van der Waals surface area contributed by atoms with Crippen LogP contribution in [0.5, 0.6) is 0 Å². The highest BCUT2D eigenvalue weighted by molar-refractivity contribution is 5.69. The molecule has 1 saturated carbocycles. The number of alkyl carbamates (subject to hydrolysis) is 1. The van der Waals surface area contributed by atoms with Crippen LogP contribution in [-0.2, 0) is 19.1 Å². The molecule has 7 heteroatoms. The summed E-state index contributed by atoms with van der Waals surface area (Å²) in [5.74, 6) is -0.523. The predicted molar refractivity (Wildman–Crippen MR) is 80.5 cm³/mol. The molecule has 1 aliphatic rings. The summed E-state index contributed by atoms with van der Waals surface area (Å²) in [6, 6.07) is 0. The number of amides is 1. The predicted octanol–water partition coefficient (Wildman–Crippen LogP) is 2.34. The van der Waals surface area contributed by atoms with Crippen molar-refractivity contribution in [1.29, 1.82) is 0 Å². The van der Waals surface area contributed by atoms with E-state index >= 15 is 0 Å². The summed E-state index contributed by atoms with van der Waals surface area (Å²) in [5.41, 5.74) is 0. The quantitative estimate of drug-likeness (QED) is 0.576. The fourth-order valence-corrected chi connectivity index (χ4v) is 2.06. The molecule has 0 aromatic carbocycles. The Morgan fingerprint density at radius 3 is 2.18 bits per heavy atom. The average Bonchev–Trinajstić information content (AvgIpc) is 2.49. The molecule has 128 valence electrons. The molecule has 1 fully saturated rings. The van der Waals surface area contributed by atoms with Crippen LogP contribution in [0.2, 0.25) is 0 Å². The molecule has 0 spiro atoms. The number of carbonyl (C=O) groups excluding carboxylic acids is 2. The number of nitrogens with one attached hydrogen (secondary N) is 1. The Hall–Kier alpha value is -1.79. The number of esters is 1. The van der Waals surface area contributed by atoms with Gasteiger partial charge in [0, 0.05) is 19.9 Å². The third-order valence-corrected chi connectivity index (χ3v) is 3.13. The van der Waals surface area contributed by atoms with E-state index in [1.807, 2.05) is 0 Å². The van der Waals surface area contributed by atoms with Crippen molar-refractivity contribution in [3.05, 3.63) is 0 Å². The monoisotopic (exact) mass is 317 g/mol. The molecule has 1 aliphatic carbocycles. The van der Waals surface area contributed by atoms with Gasteiger partial charge in [0.2, 0.25) is 0 Å². The van der Waals surface area contributed by atoms with E-state index in [4.69, 9.17) is 19.4 Å². The summed E-state index contributed by atoms with van der Waals surface area (Å²) in [6.45, 7) is 3.74. The van der Waals surface area contributed by atoms with Gasteiger partial charge in [-0.25, -0.2) is 4.79 Å². The van der Waals surface area contributed by atoms with Crippen molar-refractivity contribution < 1.29 is 29.0 Å². The van der Waals surface area contributed by atoms with Crippen LogP contribution in [0.15, 0.2) is 0 Å². The number of ether oxygens (including phenoxy) is 2. The second-order valence-electron chi connectivity index (χ2n) is 5.11. The minimum Gasteiger partial charge on any atom is -0.481 e. The third kappa shape index (κ3) is 13.2. The zero-order valence-corrected chi connectivity index (χ0v) is 13.4. The number of carboxylic acids is 1. The molecule has 0 radical (unpaired) electrons. The van der Waals surface area contributed by atoms with Crippen molar-refractivity contribution in [2.75, 3.05) is 19.8 Å². The lowest BCUT2D eigenvalue weighted by Gasteiger charge is -2.21. The van der Waals surface area contributed by atoms with E-state index in [1.54, 1.807) is 6.92 Å². The first-order chi connectivity index (χ1) is 10.5. The minimum atomic E-state index is -0.833. The molecule has 0 atom stereocenters. The van der Waals surface area contributed by atoms with Crippen LogP contribution < -0.4 is 5.32 Å². The molecule has 7 nitrogen and oxygen atoms in total. The van der Waals surface area contributed by atoms with Crippen LogP contribution in [0.4, 0.5) is 4.79 Å². The van der Waals surface area contributed by atoms with Gasteiger partial charge in [-0.15, -0.1) is 0 Å². The Morgan fingerprint density at radius 1 is 1.09 bits per heavy atom. The Bertz CT molecular complexity index is 335. The fourth-order valence-electron chi connectivity index (χ4n) is 2.06. The van der Waals surface area contributed by atoms with E-state index < -0.39 is 12.1 Å². The van der Waals surface area contributed by atoms with Gasteiger partial charge in [-0.3, -0.25) is 9.59 Å². The van der Waals surface area contributed by atoms with Crippen molar-refractivity contribution >= 4 is 18.0 Å². The van der Waals surface area contributed by atoms with Crippen molar-refractivity contribution in [2.45, 2.75) is 52.4 Å². The standard InChI is InChI=1S/C13H23NO4.C2H4O2/c1-2-12(15)17-8-9-18-13(16)14-10-11-6-4-3-5-7-11;1-2(3)4/h11H,2-10H2,1H3,(H,14,16);1H3,(H,3,4). The highest BCUT2D eigenvalue weighted by Crippen LogP contribution is 2.22. The van der Waals surface area contributed by atoms with Crippen molar-refractivity contribution in [3.8, 4) is 0 Å². The minimum absolute atomic E-state index is 0.113. The van der Waals surface area contributed by atoms with Gasteiger partial charge < -0.3 is 19.9 Å².